The molecule has 0 radical (unpaired) electrons. The highest BCUT2D eigenvalue weighted by Crippen LogP contribution is 2.22. The van der Waals surface area contributed by atoms with Crippen molar-refractivity contribution in [3.63, 3.8) is 0 Å². The fraction of sp³-hybridized carbons (Fsp3) is 0.143. The van der Waals surface area contributed by atoms with E-state index in [1.807, 2.05) is 24.3 Å². The van der Waals surface area contributed by atoms with Crippen molar-refractivity contribution in [3.05, 3.63) is 42.0 Å². The van der Waals surface area contributed by atoms with E-state index in [9.17, 15) is 18.3 Å². The SMILES string of the molecule is C#Cc1cccc2cc(O)ccc12.CC(F)(F)F. The Hall–Kier alpha value is -2.15. The predicted octanol–water partition coefficient (Wildman–Crippen LogP) is 4.10. The normalized spacial score (nSPS) is 10.4. The van der Waals surface area contributed by atoms with E-state index in [-0.39, 0.29) is 12.7 Å². The molecule has 0 aromatic heterocycles. The quantitative estimate of drug-likeness (QED) is 0.700. The van der Waals surface area contributed by atoms with E-state index in [4.69, 9.17) is 6.42 Å². The van der Waals surface area contributed by atoms with Gasteiger partial charge in [0.25, 0.3) is 0 Å². The monoisotopic (exact) mass is 252 g/mol. The third kappa shape index (κ3) is 4.38. The largest absolute Gasteiger partial charge is 0.508 e. The highest BCUT2D eigenvalue weighted by molar-refractivity contribution is 5.89. The van der Waals surface area contributed by atoms with Crippen molar-refractivity contribution in [2.75, 3.05) is 0 Å². The highest BCUT2D eigenvalue weighted by atomic mass is 19.4. The van der Waals surface area contributed by atoms with Crippen LogP contribution in [0.25, 0.3) is 10.8 Å². The Morgan fingerprint density at radius 2 is 1.78 bits per heavy atom. The van der Waals surface area contributed by atoms with Crippen LogP contribution >= 0.6 is 0 Å². The maximum absolute atomic E-state index is 10.4. The first kappa shape index (κ1) is 13.9. The van der Waals surface area contributed by atoms with Gasteiger partial charge in [-0.1, -0.05) is 18.1 Å². The molecule has 0 fully saturated rings. The predicted molar refractivity (Wildman–Crippen MR) is 65.3 cm³/mol. The zero-order valence-corrected chi connectivity index (χ0v) is 9.62. The Kier molecular flexibility index (Phi) is 4.22. The molecule has 2 aromatic rings. The van der Waals surface area contributed by atoms with Gasteiger partial charge < -0.3 is 5.11 Å². The highest BCUT2D eigenvalue weighted by Gasteiger charge is 2.15. The Morgan fingerprint density at radius 1 is 1.17 bits per heavy atom. The van der Waals surface area contributed by atoms with Crippen LogP contribution in [0.5, 0.6) is 5.75 Å². The molecule has 4 heteroatoms. The molecular weight excluding hydrogens is 241 g/mol. The van der Waals surface area contributed by atoms with Crippen molar-refractivity contribution in [2.24, 2.45) is 0 Å². The van der Waals surface area contributed by atoms with Crippen LogP contribution in [0, 0.1) is 12.3 Å². The van der Waals surface area contributed by atoms with E-state index in [0.29, 0.717) is 0 Å². The Morgan fingerprint density at radius 3 is 2.33 bits per heavy atom. The van der Waals surface area contributed by atoms with Crippen LogP contribution < -0.4 is 0 Å². The molecule has 2 aromatic carbocycles. The fourth-order valence-electron chi connectivity index (χ4n) is 1.40. The second-order valence-corrected chi connectivity index (χ2v) is 3.64. The smallest absolute Gasteiger partial charge is 0.386 e. The lowest BCUT2D eigenvalue weighted by atomic mass is 10.1. The second-order valence-electron chi connectivity index (χ2n) is 3.64. The minimum absolute atomic E-state index is 0.188. The van der Waals surface area contributed by atoms with Gasteiger partial charge in [-0.05, 0) is 35.0 Å². The molecule has 1 N–H and O–H groups in total. The summed E-state index contributed by atoms with van der Waals surface area (Å²) in [6.07, 6.45) is 1.34. The van der Waals surface area contributed by atoms with Crippen LogP contribution in [0.4, 0.5) is 13.2 Å². The molecular formula is C14H11F3O. The Balaban J connectivity index is 0.000000280. The number of halogens is 3. The average molecular weight is 252 g/mol. The van der Waals surface area contributed by atoms with Gasteiger partial charge in [0.15, 0.2) is 0 Å². The summed E-state index contributed by atoms with van der Waals surface area (Å²) in [4.78, 5) is 0. The third-order valence-corrected chi connectivity index (χ3v) is 2.02. The van der Waals surface area contributed by atoms with Crippen LogP contribution in [0.2, 0.25) is 0 Å². The maximum Gasteiger partial charge on any atom is 0.386 e. The van der Waals surface area contributed by atoms with Crippen LogP contribution in [-0.2, 0) is 0 Å². The van der Waals surface area contributed by atoms with E-state index >= 15 is 0 Å². The first-order valence-electron chi connectivity index (χ1n) is 5.06. The summed E-state index contributed by atoms with van der Waals surface area (Å²) in [5, 5.41) is 11.2. The van der Waals surface area contributed by atoms with E-state index in [0.717, 1.165) is 16.3 Å². The zero-order chi connectivity index (χ0) is 13.8. The van der Waals surface area contributed by atoms with E-state index < -0.39 is 6.18 Å². The van der Waals surface area contributed by atoms with Crippen LogP contribution in [0.15, 0.2) is 36.4 Å². The van der Waals surface area contributed by atoms with Gasteiger partial charge in [0.1, 0.15) is 5.75 Å². The van der Waals surface area contributed by atoms with Crippen LogP contribution in [-0.4, -0.2) is 11.3 Å². The summed E-state index contributed by atoms with van der Waals surface area (Å²) >= 11 is 0. The van der Waals surface area contributed by atoms with Gasteiger partial charge in [0.2, 0.25) is 0 Å². The summed E-state index contributed by atoms with van der Waals surface area (Å²) in [6, 6.07) is 10.9. The number of phenols is 1. The molecule has 94 valence electrons. The van der Waals surface area contributed by atoms with Gasteiger partial charge >= 0.3 is 6.18 Å². The van der Waals surface area contributed by atoms with Crippen molar-refractivity contribution in [3.8, 4) is 18.1 Å². The average Bonchev–Trinajstić information content (AvgIpc) is 2.25. The summed E-state index contributed by atoms with van der Waals surface area (Å²) in [5.74, 6) is 2.87. The van der Waals surface area contributed by atoms with Gasteiger partial charge in [0.05, 0.1) is 0 Å². The lowest BCUT2D eigenvalue weighted by Gasteiger charge is -2.00. The number of aromatic hydroxyl groups is 1. The Labute approximate surface area is 103 Å². The molecule has 0 saturated carbocycles. The van der Waals surface area contributed by atoms with E-state index in [1.165, 1.54) is 0 Å². The number of fused-ring (bicyclic) bond motifs is 1. The van der Waals surface area contributed by atoms with Crippen molar-refractivity contribution < 1.29 is 18.3 Å². The zero-order valence-electron chi connectivity index (χ0n) is 9.62. The molecule has 0 atom stereocenters. The summed E-state index contributed by atoms with van der Waals surface area (Å²) in [7, 11) is 0. The maximum atomic E-state index is 10.4. The summed E-state index contributed by atoms with van der Waals surface area (Å²) in [6.45, 7) is 0.188. The number of rotatable bonds is 0. The molecule has 0 unspecified atom stereocenters. The third-order valence-electron chi connectivity index (χ3n) is 2.02. The van der Waals surface area contributed by atoms with Gasteiger partial charge in [-0.15, -0.1) is 6.42 Å². The fourth-order valence-corrected chi connectivity index (χ4v) is 1.40. The first-order chi connectivity index (χ1) is 8.31. The molecule has 0 heterocycles. The van der Waals surface area contributed by atoms with Crippen LogP contribution in [0.1, 0.15) is 12.5 Å². The van der Waals surface area contributed by atoms with Crippen molar-refractivity contribution >= 4 is 10.8 Å². The number of hydrogen-bond donors (Lipinski definition) is 1. The van der Waals surface area contributed by atoms with E-state index in [2.05, 4.69) is 5.92 Å². The molecule has 0 bridgehead atoms. The Bertz CT molecular complexity index is 574. The number of terminal acetylenes is 1. The molecule has 0 amide bonds. The number of hydrogen-bond acceptors (Lipinski definition) is 1. The molecule has 0 saturated heterocycles. The number of benzene rings is 2. The first-order valence-corrected chi connectivity index (χ1v) is 5.06. The number of phenolic OH excluding ortho intramolecular Hbond substituents is 1. The lowest BCUT2D eigenvalue weighted by molar-refractivity contribution is -0.110. The van der Waals surface area contributed by atoms with Gasteiger partial charge in [-0.3, -0.25) is 0 Å². The molecule has 2 rings (SSSR count). The topological polar surface area (TPSA) is 20.2 Å². The molecule has 0 aliphatic carbocycles. The molecule has 0 spiro atoms. The molecule has 18 heavy (non-hydrogen) atoms. The van der Waals surface area contributed by atoms with Crippen molar-refractivity contribution in [1.29, 1.82) is 0 Å². The summed E-state index contributed by atoms with van der Waals surface area (Å²) < 4.78 is 31.1. The van der Waals surface area contributed by atoms with Gasteiger partial charge in [-0.2, -0.15) is 13.2 Å². The second kappa shape index (κ2) is 5.46. The molecule has 1 nitrogen and oxygen atoms in total. The van der Waals surface area contributed by atoms with Gasteiger partial charge in [0, 0.05) is 12.5 Å². The van der Waals surface area contributed by atoms with Gasteiger partial charge in [-0.25, -0.2) is 0 Å². The summed E-state index contributed by atoms with van der Waals surface area (Å²) in [5.41, 5.74) is 0.859. The van der Waals surface area contributed by atoms with Crippen molar-refractivity contribution in [2.45, 2.75) is 13.1 Å². The standard InChI is InChI=1S/C12H8O.C2H3F3/c1-2-9-4-3-5-10-8-11(13)6-7-12(9)10;1-2(3,4)5/h1,3-8,13H;1H3. The minimum Gasteiger partial charge on any atom is -0.508 e. The molecule has 0 aliphatic rings. The molecule has 0 aliphatic heterocycles. The minimum atomic E-state index is -4.00. The van der Waals surface area contributed by atoms with Crippen molar-refractivity contribution in [1.82, 2.24) is 0 Å². The van der Waals surface area contributed by atoms with E-state index in [1.54, 1.807) is 12.1 Å². The van der Waals surface area contributed by atoms with Crippen LogP contribution in [0.3, 0.4) is 0 Å². The lowest BCUT2D eigenvalue weighted by Crippen LogP contribution is -1.95. The number of alkyl halides is 3.